The van der Waals surface area contributed by atoms with E-state index in [0.29, 0.717) is 22.3 Å². The van der Waals surface area contributed by atoms with Crippen LogP contribution in [0.5, 0.6) is 0 Å². The van der Waals surface area contributed by atoms with Gasteiger partial charge in [0.2, 0.25) is 5.95 Å². The maximum Gasteiger partial charge on any atom is 0.205 e. The smallest absolute Gasteiger partial charge is 0.205 e. The van der Waals surface area contributed by atoms with Gasteiger partial charge in [0.25, 0.3) is 0 Å². The molecule has 3 aromatic rings. The number of nitrogen functional groups attached to an aromatic ring is 1. The monoisotopic (exact) mass is 259 g/mol. The average molecular weight is 259 g/mol. The fourth-order valence-corrected chi connectivity index (χ4v) is 2.19. The first-order chi connectivity index (χ1) is 9.06. The SMILES string of the molecule is Cc1cc(F)ccc1-n1c(N)nc2ccc(F)cc21. The molecule has 5 heteroatoms. The van der Waals surface area contributed by atoms with Crippen LogP contribution in [-0.4, -0.2) is 9.55 Å². The molecule has 0 bridgehead atoms. The molecule has 1 aromatic heterocycles. The number of nitrogens with two attached hydrogens (primary N) is 1. The van der Waals surface area contributed by atoms with Crippen molar-refractivity contribution in [3.8, 4) is 5.69 Å². The normalized spacial score (nSPS) is 11.1. The first-order valence-electron chi connectivity index (χ1n) is 5.76. The number of hydrogen-bond donors (Lipinski definition) is 1. The summed E-state index contributed by atoms with van der Waals surface area (Å²) in [7, 11) is 0. The number of aryl methyl sites for hydroxylation is 1. The van der Waals surface area contributed by atoms with Crippen molar-refractivity contribution in [1.29, 1.82) is 0 Å². The highest BCUT2D eigenvalue weighted by molar-refractivity contribution is 5.81. The molecule has 0 aliphatic carbocycles. The second kappa shape index (κ2) is 4.05. The number of halogens is 2. The Kier molecular flexibility index (Phi) is 2.48. The number of fused-ring (bicyclic) bond motifs is 1. The van der Waals surface area contributed by atoms with Crippen LogP contribution >= 0.6 is 0 Å². The van der Waals surface area contributed by atoms with Crippen molar-refractivity contribution >= 4 is 17.0 Å². The van der Waals surface area contributed by atoms with Crippen LogP contribution < -0.4 is 5.73 Å². The molecule has 2 aromatic carbocycles. The Bertz CT molecular complexity index is 778. The van der Waals surface area contributed by atoms with Crippen molar-refractivity contribution < 1.29 is 8.78 Å². The number of rotatable bonds is 1. The summed E-state index contributed by atoms with van der Waals surface area (Å²) in [6.45, 7) is 1.77. The zero-order chi connectivity index (χ0) is 13.6. The van der Waals surface area contributed by atoms with E-state index in [1.807, 2.05) is 0 Å². The van der Waals surface area contributed by atoms with E-state index < -0.39 is 0 Å². The third-order valence-electron chi connectivity index (χ3n) is 3.04. The molecule has 0 aliphatic heterocycles. The number of nitrogens with zero attached hydrogens (tertiary/aromatic N) is 2. The zero-order valence-corrected chi connectivity index (χ0v) is 10.2. The van der Waals surface area contributed by atoms with E-state index in [2.05, 4.69) is 4.98 Å². The lowest BCUT2D eigenvalue weighted by Gasteiger charge is -2.10. The van der Waals surface area contributed by atoms with Crippen molar-refractivity contribution in [1.82, 2.24) is 9.55 Å². The molecule has 0 saturated carbocycles. The minimum Gasteiger partial charge on any atom is -0.369 e. The van der Waals surface area contributed by atoms with Crippen molar-refractivity contribution in [2.75, 3.05) is 5.73 Å². The molecule has 0 radical (unpaired) electrons. The van der Waals surface area contributed by atoms with Crippen LogP contribution in [0.25, 0.3) is 16.7 Å². The molecule has 1 heterocycles. The lowest BCUT2D eigenvalue weighted by Crippen LogP contribution is -2.02. The molecule has 0 spiro atoms. The predicted molar refractivity (Wildman–Crippen MR) is 70.1 cm³/mol. The summed E-state index contributed by atoms with van der Waals surface area (Å²) in [6.07, 6.45) is 0. The first-order valence-corrected chi connectivity index (χ1v) is 5.76. The lowest BCUT2D eigenvalue weighted by molar-refractivity contribution is 0.625. The van der Waals surface area contributed by atoms with Crippen LogP contribution in [0.15, 0.2) is 36.4 Å². The lowest BCUT2D eigenvalue weighted by atomic mass is 10.2. The largest absolute Gasteiger partial charge is 0.369 e. The van der Waals surface area contributed by atoms with Gasteiger partial charge in [0.05, 0.1) is 16.7 Å². The average Bonchev–Trinajstić information content (AvgIpc) is 2.65. The molecule has 0 unspecified atom stereocenters. The van der Waals surface area contributed by atoms with Crippen LogP contribution in [0.3, 0.4) is 0 Å². The maximum absolute atomic E-state index is 13.4. The molecule has 0 atom stereocenters. The molecular weight excluding hydrogens is 248 g/mol. The molecule has 0 amide bonds. The number of aromatic nitrogens is 2. The van der Waals surface area contributed by atoms with Crippen LogP contribution in [-0.2, 0) is 0 Å². The summed E-state index contributed by atoms with van der Waals surface area (Å²) in [4.78, 5) is 4.17. The Labute approximate surface area is 108 Å². The number of anilines is 1. The molecule has 96 valence electrons. The topological polar surface area (TPSA) is 43.8 Å². The summed E-state index contributed by atoms with van der Waals surface area (Å²) in [6, 6.07) is 8.61. The molecule has 19 heavy (non-hydrogen) atoms. The Hall–Kier alpha value is -2.43. The number of benzene rings is 2. The van der Waals surface area contributed by atoms with Crippen LogP contribution in [0, 0.1) is 18.6 Å². The Balaban J connectivity index is 2.35. The van der Waals surface area contributed by atoms with Crippen LogP contribution in [0.1, 0.15) is 5.56 Å². The van der Waals surface area contributed by atoms with Gasteiger partial charge in [-0.2, -0.15) is 0 Å². The fraction of sp³-hybridized carbons (Fsp3) is 0.0714. The van der Waals surface area contributed by atoms with Gasteiger partial charge in [-0.15, -0.1) is 0 Å². The van der Waals surface area contributed by atoms with E-state index in [4.69, 9.17) is 5.73 Å². The zero-order valence-electron chi connectivity index (χ0n) is 10.2. The fourth-order valence-electron chi connectivity index (χ4n) is 2.19. The van der Waals surface area contributed by atoms with Crippen LogP contribution in [0.4, 0.5) is 14.7 Å². The highest BCUT2D eigenvalue weighted by atomic mass is 19.1. The number of imidazole rings is 1. The highest BCUT2D eigenvalue weighted by Gasteiger charge is 2.12. The Morgan fingerprint density at radius 1 is 1.05 bits per heavy atom. The van der Waals surface area contributed by atoms with E-state index in [1.165, 1.54) is 24.3 Å². The van der Waals surface area contributed by atoms with Gasteiger partial charge in [0.1, 0.15) is 11.6 Å². The van der Waals surface area contributed by atoms with Gasteiger partial charge in [0.15, 0.2) is 0 Å². The summed E-state index contributed by atoms with van der Waals surface area (Å²) >= 11 is 0. The second-order valence-corrected chi connectivity index (χ2v) is 4.37. The standard InChI is InChI=1S/C14H11F2N3/c1-8-6-9(15)3-5-12(8)19-13-7-10(16)2-4-11(13)18-14(19)17/h2-7H,1H3,(H2,17,18). The summed E-state index contributed by atoms with van der Waals surface area (Å²) in [5, 5.41) is 0. The second-order valence-electron chi connectivity index (χ2n) is 4.37. The van der Waals surface area contributed by atoms with Gasteiger partial charge in [-0.1, -0.05) is 0 Å². The van der Waals surface area contributed by atoms with Gasteiger partial charge >= 0.3 is 0 Å². The molecule has 3 nitrogen and oxygen atoms in total. The Morgan fingerprint density at radius 2 is 1.74 bits per heavy atom. The quantitative estimate of drug-likeness (QED) is 0.729. The molecule has 0 fully saturated rings. The van der Waals surface area contributed by atoms with E-state index >= 15 is 0 Å². The predicted octanol–water partition coefficient (Wildman–Crippen LogP) is 3.19. The molecular formula is C14H11F2N3. The minimum absolute atomic E-state index is 0.246. The maximum atomic E-state index is 13.4. The summed E-state index contributed by atoms with van der Waals surface area (Å²) in [5.74, 6) is -0.445. The van der Waals surface area contributed by atoms with E-state index in [0.717, 1.165) is 0 Å². The van der Waals surface area contributed by atoms with Gasteiger partial charge in [-0.05, 0) is 42.8 Å². The van der Waals surface area contributed by atoms with Crippen molar-refractivity contribution in [3.05, 3.63) is 53.6 Å². The van der Waals surface area contributed by atoms with Crippen molar-refractivity contribution in [2.24, 2.45) is 0 Å². The van der Waals surface area contributed by atoms with Gasteiger partial charge < -0.3 is 5.73 Å². The van der Waals surface area contributed by atoms with Crippen molar-refractivity contribution in [3.63, 3.8) is 0 Å². The molecule has 2 N–H and O–H groups in total. The summed E-state index contributed by atoms with van der Waals surface area (Å²) in [5.41, 5.74) is 8.43. The Morgan fingerprint density at radius 3 is 2.47 bits per heavy atom. The van der Waals surface area contributed by atoms with Crippen LogP contribution in [0.2, 0.25) is 0 Å². The third kappa shape index (κ3) is 1.83. The van der Waals surface area contributed by atoms with Gasteiger partial charge in [0, 0.05) is 6.07 Å². The molecule has 0 aliphatic rings. The van der Waals surface area contributed by atoms with E-state index in [9.17, 15) is 8.78 Å². The molecule has 0 saturated heterocycles. The number of hydrogen-bond acceptors (Lipinski definition) is 2. The highest BCUT2D eigenvalue weighted by Crippen LogP contribution is 2.26. The van der Waals surface area contributed by atoms with E-state index in [1.54, 1.807) is 23.6 Å². The van der Waals surface area contributed by atoms with Gasteiger partial charge in [-0.25, -0.2) is 13.8 Å². The third-order valence-corrected chi connectivity index (χ3v) is 3.04. The minimum atomic E-state index is -0.367. The van der Waals surface area contributed by atoms with Crippen molar-refractivity contribution in [2.45, 2.75) is 6.92 Å². The van der Waals surface area contributed by atoms with E-state index in [-0.39, 0.29) is 17.6 Å². The first kappa shape index (κ1) is 11.6. The summed E-state index contributed by atoms with van der Waals surface area (Å²) < 4.78 is 28.1. The molecule has 3 rings (SSSR count). The van der Waals surface area contributed by atoms with Gasteiger partial charge in [-0.3, -0.25) is 4.57 Å².